The van der Waals surface area contributed by atoms with Gasteiger partial charge in [-0.1, -0.05) is 18.2 Å². The first-order valence-electron chi connectivity index (χ1n) is 5.87. The van der Waals surface area contributed by atoms with Crippen LogP contribution in [0.2, 0.25) is 0 Å². The lowest BCUT2D eigenvalue weighted by atomic mass is 10.1. The summed E-state index contributed by atoms with van der Waals surface area (Å²) >= 11 is 0. The van der Waals surface area contributed by atoms with Crippen LogP contribution in [0.4, 0.5) is 5.69 Å². The predicted octanol–water partition coefficient (Wildman–Crippen LogP) is 2.88. The average Bonchev–Trinajstić information content (AvgIpc) is 2.46. The van der Waals surface area contributed by atoms with Gasteiger partial charge in [-0.25, -0.2) is 0 Å². The number of ether oxygens (including phenoxy) is 1. The number of amidine groups is 1. The molecule has 21 heavy (non-hydrogen) atoms. The van der Waals surface area contributed by atoms with Crippen LogP contribution in [-0.4, -0.2) is 10.8 Å². The van der Waals surface area contributed by atoms with Gasteiger partial charge in [-0.3, -0.25) is 15.5 Å². The maximum Gasteiger partial charge on any atom is 0.269 e. The molecular weight excluding hydrogens is 294 g/mol. The highest BCUT2D eigenvalue weighted by Gasteiger charge is 2.05. The molecule has 0 fully saturated rings. The van der Waals surface area contributed by atoms with E-state index in [-0.39, 0.29) is 23.9 Å². The average molecular weight is 308 g/mol. The fourth-order valence-electron chi connectivity index (χ4n) is 1.66. The highest BCUT2D eigenvalue weighted by atomic mass is 35.5. The number of hydrogen-bond acceptors (Lipinski definition) is 4. The van der Waals surface area contributed by atoms with E-state index in [0.717, 1.165) is 5.56 Å². The highest BCUT2D eigenvalue weighted by Crippen LogP contribution is 2.18. The van der Waals surface area contributed by atoms with Gasteiger partial charge in [0.25, 0.3) is 5.69 Å². The first-order chi connectivity index (χ1) is 9.56. The van der Waals surface area contributed by atoms with Crippen LogP contribution >= 0.6 is 12.4 Å². The summed E-state index contributed by atoms with van der Waals surface area (Å²) in [5.41, 5.74) is 6.94. The Balaban J connectivity index is 0.00000220. The number of rotatable bonds is 5. The second kappa shape index (κ2) is 7.25. The van der Waals surface area contributed by atoms with Crippen LogP contribution in [-0.2, 0) is 6.61 Å². The Kier molecular flexibility index (Phi) is 5.68. The SMILES string of the molecule is Cl.N=C(N)c1cccc(COc2ccc([N+](=O)[O-])cc2)c1. The molecule has 0 heterocycles. The summed E-state index contributed by atoms with van der Waals surface area (Å²) in [6.07, 6.45) is 0. The number of non-ortho nitro benzene ring substituents is 1. The summed E-state index contributed by atoms with van der Waals surface area (Å²) in [5.74, 6) is 0.547. The van der Waals surface area contributed by atoms with Gasteiger partial charge in [-0.15, -0.1) is 12.4 Å². The smallest absolute Gasteiger partial charge is 0.269 e. The molecule has 0 unspecified atom stereocenters. The second-order valence-electron chi connectivity index (χ2n) is 4.15. The fraction of sp³-hybridized carbons (Fsp3) is 0.0714. The molecule has 0 saturated heterocycles. The third-order valence-electron chi connectivity index (χ3n) is 2.69. The van der Waals surface area contributed by atoms with Gasteiger partial charge in [0.15, 0.2) is 0 Å². The first-order valence-corrected chi connectivity index (χ1v) is 5.87. The summed E-state index contributed by atoms with van der Waals surface area (Å²) < 4.78 is 5.53. The lowest BCUT2D eigenvalue weighted by molar-refractivity contribution is -0.384. The Bertz CT molecular complexity index is 644. The number of nitrogens with zero attached hydrogens (tertiary/aromatic N) is 1. The topological polar surface area (TPSA) is 102 Å². The molecule has 0 saturated carbocycles. The summed E-state index contributed by atoms with van der Waals surface area (Å²) in [5, 5.41) is 17.9. The molecule has 0 amide bonds. The van der Waals surface area contributed by atoms with Crippen molar-refractivity contribution < 1.29 is 9.66 Å². The Morgan fingerprint density at radius 3 is 2.48 bits per heavy atom. The molecule has 0 atom stereocenters. The number of benzene rings is 2. The Morgan fingerprint density at radius 1 is 1.24 bits per heavy atom. The zero-order valence-corrected chi connectivity index (χ0v) is 11.8. The summed E-state index contributed by atoms with van der Waals surface area (Å²) in [7, 11) is 0. The summed E-state index contributed by atoms with van der Waals surface area (Å²) in [6, 6.07) is 13.1. The third kappa shape index (κ3) is 4.47. The van der Waals surface area contributed by atoms with E-state index in [1.807, 2.05) is 6.07 Å². The number of nitro groups is 1. The van der Waals surface area contributed by atoms with Gasteiger partial charge in [0, 0.05) is 17.7 Å². The normalized spacial score (nSPS) is 9.52. The Hall–Kier alpha value is -2.60. The van der Waals surface area contributed by atoms with Crippen LogP contribution < -0.4 is 10.5 Å². The molecule has 6 nitrogen and oxygen atoms in total. The molecule has 3 N–H and O–H groups in total. The van der Waals surface area contributed by atoms with Crippen LogP contribution in [0.3, 0.4) is 0 Å². The van der Waals surface area contributed by atoms with Crippen molar-refractivity contribution in [3.05, 3.63) is 69.8 Å². The maximum absolute atomic E-state index is 10.5. The van der Waals surface area contributed by atoms with E-state index in [0.29, 0.717) is 17.9 Å². The van der Waals surface area contributed by atoms with Crippen molar-refractivity contribution in [3.8, 4) is 5.75 Å². The van der Waals surface area contributed by atoms with Gasteiger partial charge in [-0.05, 0) is 23.8 Å². The number of hydrogen-bond donors (Lipinski definition) is 2. The molecule has 0 aliphatic carbocycles. The standard InChI is InChI=1S/C14H13N3O3.ClH/c15-14(16)11-3-1-2-10(8-11)9-20-13-6-4-12(5-7-13)17(18)19;/h1-8H,9H2,(H3,15,16);1H. The van der Waals surface area contributed by atoms with Crippen LogP contribution in [0.5, 0.6) is 5.75 Å². The summed E-state index contributed by atoms with van der Waals surface area (Å²) in [4.78, 5) is 10.1. The van der Waals surface area contributed by atoms with E-state index in [1.165, 1.54) is 12.1 Å². The molecule has 7 heteroatoms. The van der Waals surface area contributed by atoms with Crippen molar-refractivity contribution in [2.24, 2.45) is 5.73 Å². The van der Waals surface area contributed by atoms with E-state index in [4.69, 9.17) is 15.9 Å². The van der Waals surface area contributed by atoms with Gasteiger partial charge < -0.3 is 10.5 Å². The van der Waals surface area contributed by atoms with Crippen LogP contribution in [0, 0.1) is 15.5 Å². The fourth-order valence-corrected chi connectivity index (χ4v) is 1.66. The number of halogens is 1. The van der Waals surface area contributed by atoms with Crippen LogP contribution in [0.15, 0.2) is 48.5 Å². The quantitative estimate of drug-likeness (QED) is 0.383. The highest BCUT2D eigenvalue weighted by molar-refractivity contribution is 5.95. The zero-order valence-electron chi connectivity index (χ0n) is 11.0. The van der Waals surface area contributed by atoms with Crippen LogP contribution in [0.1, 0.15) is 11.1 Å². The lowest BCUT2D eigenvalue weighted by Gasteiger charge is -2.07. The van der Waals surface area contributed by atoms with E-state index < -0.39 is 4.92 Å². The van der Waals surface area contributed by atoms with Crippen molar-refractivity contribution >= 4 is 23.9 Å². The minimum Gasteiger partial charge on any atom is -0.489 e. The van der Waals surface area contributed by atoms with Crippen molar-refractivity contribution in [2.45, 2.75) is 6.61 Å². The number of nitrogen functional groups attached to an aromatic ring is 1. The largest absolute Gasteiger partial charge is 0.489 e. The zero-order chi connectivity index (χ0) is 14.5. The lowest BCUT2D eigenvalue weighted by Crippen LogP contribution is -2.11. The predicted molar refractivity (Wildman–Crippen MR) is 82.1 cm³/mol. The molecule has 2 rings (SSSR count). The van der Waals surface area contributed by atoms with Crippen molar-refractivity contribution in [3.63, 3.8) is 0 Å². The molecule has 0 bridgehead atoms. The molecule has 2 aromatic rings. The third-order valence-corrected chi connectivity index (χ3v) is 2.69. The minimum atomic E-state index is -0.458. The van der Waals surface area contributed by atoms with Gasteiger partial charge in [0.1, 0.15) is 18.2 Å². The van der Waals surface area contributed by atoms with Crippen molar-refractivity contribution in [1.82, 2.24) is 0 Å². The van der Waals surface area contributed by atoms with Gasteiger partial charge in [0.05, 0.1) is 4.92 Å². The molecule has 0 aromatic heterocycles. The number of nitro benzene ring substituents is 1. The molecule has 2 aromatic carbocycles. The van der Waals surface area contributed by atoms with E-state index in [1.54, 1.807) is 30.3 Å². The number of nitrogens with two attached hydrogens (primary N) is 1. The van der Waals surface area contributed by atoms with Crippen molar-refractivity contribution in [1.29, 1.82) is 5.41 Å². The second-order valence-corrected chi connectivity index (χ2v) is 4.15. The maximum atomic E-state index is 10.5. The molecule has 0 spiro atoms. The molecule has 0 aliphatic rings. The Morgan fingerprint density at radius 2 is 1.90 bits per heavy atom. The van der Waals surface area contributed by atoms with Crippen molar-refractivity contribution in [2.75, 3.05) is 0 Å². The van der Waals surface area contributed by atoms with E-state index in [9.17, 15) is 10.1 Å². The Labute approximate surface area is 127 Å². The molecule has 0 aliphatic heterocycles. The van der Waals surface area contributed by atoms with Crippen LogP contribution in [0.25, 0.3) is 0 Å². The van der Waals surface area contributed by atoms with E-state index >= 15 is 0 Å². The first kappa shape index (κ1) is 16.5. The molecule has 0 radical (unpaired) electrons. The molecule has 110 valence electrons. The van der Waals surface area contributed by atoms with Gasteiger partial charge in [0.2, 0.25) is 0 Å². The van der Waals surface area contributed by atoms with Gasteiger partial charge in [-0.2, -0.15) is 0 Å². The molecular formula is C14H14ClN3O3. The summed E-state index contributed by atoms with van der Waals surface area (Å²) in [6.45, 7) is 0.304. The number of nitrogens with one attached hydrogen (secondary N) is 1. The van der Waals surface area contributed by atoms with Gasteiger partial charge >= 0.3 is 0 Å². The van der Waals surface area contributed by atoms with E-state index in [2.05, 4.69) is 0 Å². The minimum absolute atomic E-state index is 0. The monoisotopic (exact) mass is 307 g/mol.